The van der Waals surface area contributed by atoms with Gasteiger partial charge in [0.2, 0.25) is 0 Å². The Morgan fingerprint density at radius 2 is 1.61 bits per heavy atom. The van der Waals surface area contributed by atoms with Gasteiger partial charge in [-0.05, 0) is 60.2 Å². The standard InChI is InChI=1S/C29H34N2O2/c1-33-29(32)27-17-16-25(20-28(27)31-26-10-6-3-7-11-26)24-14-12-22(13-15-24)18-19-30-21-23-8-4-2-5-9-23/h2,4-5,8-9,12-17,20,26,30-31H,3,6-7,10-11,18-19,21H2,1H3. The minimum Gasteiger partial charge on any atom is -0.465 e. The molecule has 0 atom stereocenters. The molecule has 1 fully saturated rings. The van der Waals surface area contributed by atoms with Crippen LogP contribution in [0, 0.1) is 0 Å². The quantitative estimate of drug-likeness (QED) is 0.305. The lowest BCUT2D eigenvalue weighted by Gasteiger charge is -2.25. The van der Waals surface area contributed by atoms with Crippen LogP contribution in [-0.2, 0) is 17.7 Å². The zero-order chi connectivity index (χ0) is 22.9. The van der Waals surface area contributed by atoms with Gasteiger partial charge in [-0.3, -0.25) is 0 Å². The first kappa shape index (κ1) is 23.1. The van der Waals surface area contributed by atoms with Crippen LogP contribution in [0.3, 0.4) is 0 Å². The molecule has 2 N–H and O–H groups in total. The molecular weight excluding hydrogens is 408 g/mol. The first-order chi connectivity index (χ1) is 16.2. The number of nitrogens with one attached hydrogen (secondary N) is 2. The summed E-state index contributed by atoms with van der Waals surface area (Å²) in [5.41, 5.74) is 6.36. The number of esters is 1. The Bertz CT molecular complexity index is 1030. The fraction of sp³-hybridized carbons (Fsp3) is 0.345. The zero-order valence-electron chi connectivity index (χ0n) is 19.5. The van der Waals surface area contributed by atoms with Crippen LogP contribution in [-0.4, -0.2) is 25.7 Å². The van der Waals surface area contributed by atoms with Gasteiger partial charge in [0.1, 0.15) is 0 Å². The van der Waals surface area contributed by atoms with Crippen LogP contribution in [0.15, 0.2) is 72.8 Å². The average Bonchev–Trinajstić information content (AvgIpc) is 2.88. The Hall–Kier alpha value is -3.11. The first-order valence-electron chi connectivity index (χ1n) is 12.1. The van der Waals surface area contributed by atoms with E-state index in [0.29, 0.717) is 11.6 Å². The maximum Gasteiger partial charge on any atom is 0.339 e. The predicted molar refractivity (Wildman–Crippen MR) is 136 cm³/mol. The highest BCUT2D eigenvalue weighted by molar-refractivity contribution is 5.96. The Balaban J connectivity index is 1.40. The third-order valence-electron chi connectivity index (χ3n) is 6.44. The second kappa shape index (κ2) is 11.7. The summed E-state index contributed by atoms with van der Waals surface area (Å²) in [7, 11) is 1.44. The van der Waals surface area contributed by atoms with Crippen molar-refractivity contribution < 1.29 is 9.53 Å². The van der Waals surface area contributed by atoms with Gasteiger partial charge in [0.25, 0.3) is 0 Å². The highest BCUT2D eigenvalue weighted by Crippen LogP contribution is 2.29. The molecule has 0 radical (unpaired) electrons. The first-order valence-corrected chi connectivity index (χ1v) is 12.1. The van der Waals surface area contributed by atoms with Gasteiger partial charge in [-0.1, -0.05) is 79.9 Å². The summed E-state index contributed by atoms with van der Waals surface area (Å²) in [5, 5.41) is 7.14. The molecule has 33 heavy (non-hydrogen) atoms. The molecule has 172 valence electrons. The predicted octanol–water partition coefficient (Wildman–Crippen LogP) is 6.22. The molecule has 0 aliphatic heterocycles. The molecule has 4 rings (SSSR count). The van der Waals surface area contributed by atoms with Crippen molar-refractivity contribution in [2.75, 3.05) is 19.0 Å². The number of rotatable bonds is 9. The van der Waals surface area contributed by atoms with Crippen LogP contribution >= 0.6 is 0 Å². The van der Waals surface area contributed by atoms with E-state index in [4.69, 9.17) is 4.74 Å². The van der Waals surface area contributed by atoms with E-state index in [2.05, 4.69) is 65.2 Å². The Kier molecular flexibility index (Phi) is 8.15. The number of carbonyl (C=O) groups is 1. The summed E-state index contributed by atoms with van der Waals surface area (Å²) in [6, 6.07) is 25.6. The van der Waals surface area contributed by atoms with Gasteiger partial charge < -0.3 is 15.4 Å². The van der Waals surface area contributed by atoms with Crippen LogP contribution < -0.4 is 10.6 Å². The van der Waals surface area contributed by atoms with Crippen molar-refractivity contribution in [2.45, 2.75) is 51.1 Å². The van der Waals surface area contributed by atoms with Crippen LogP contribution in [0.4, 0.5) is 5.69 Å². The SMILES string of the molecule is COC(=O)c1ccc(-c2ccc(CCNCc3ccccc3)cc2)cc1NC1CCCCC1. The lowest BCUT2D eigenvalue weighted by atomic mass is 9.94. The van der Waals surface area contributed by atoms with E-state index in [9.17, 15) is 4.79 Å². The van der Waals surface area contributed by atoms with Gasteiger partial charge in [0.15, 0.2) is 0 Å². The largest absolute Gasteiger partial charge is 0.465 e. The summed E-state index contributed by atoms with van der Waals surface area (Å²) in [6.07, 6.45) is 7.08. The van der Waals surface area contributed by atoms with Crippen LogP contribution in [0.2, 0.25) is 0 Å². The molecule has 4 nitrogen and oxygen atoms in total. The number of hydrogen-bond donors (Lipinski definition) is 2. The zero-order valence-corrected chi connectivity index (χ0v) is 19.5. The molecule has 3 aromatic rings. The molecule has 3 aromatic carbocycles. The monoisotopic (exact) mass is 442 g/mol. The number of anilines is 1. The lowest BCUT2D eigenvalue weighted by Crippen LogP contribution is -2.23. The molecule has 0 unspecified atom stereocenters. The van der Waals surface area contributed by atoms with E-state index in [1.807, 2.05) is 18.2 Å². The van der Waals surface area contributed by atoms with Crippen LogP contribution in [0.25, 0.3) is 11.1 Å². The van der Waals surface area contributed by atoms with Gasteiger partial charge in [-0.25, -0.2) is 4.79 Å². The topological polar surface area (TPSA) is 50.4 Å². The van der Waals surface area contributed by atoms with E-state index in [-0.39, 0.29) is 5.97 Å². The Labute approximate surface area is 197 Å². The average molecular weight is 443 g/mol. The minimum absolute atomic E-state index is 0.293. The van der Waals surface area contributed by atoms with Crippen molar-refractivity contribution in [3.63, 3.8) is 0 Å². The summed E-state index contributed by atoms with van der Waals surface area (Å²) < 4.78 is 5.02. The highest BCUT2D eigenvalue weighted by Gasteiger charge is 2.18. The third-order valence-corrected chi connectivity index (χ3v) is 6.44. The van der Waals surface area contributed by atoms with Crippen LogP contribution in [0.1, 0.15) is 53.6 Å². The number of ether oxygens (including phenoxy) is 1. The van der Waals surface area contributed by atoms with Crippen molar-refractivity contribution in [1.29, 1.82) is 0 Å². The normalized spacial score (nSPS) is 14.1. The molecule has 0 saturated heterocycles. The molecule has 0 amide bonds. The van der Waals surface area contributed by atoms with Crippen molar-refractivity contribution in [3.8, 4) is 11.1 Å². The fourth-order valence-electron chi connectivity index (χ4n) is 4.52. The molecule has 4 heteroatoms. The minimum atomic E-state index is -0.293. The number of hydrogen-bond acceptors (Lipinski definition) is 4. The maximum absolute atomic E-state index is 12.3. The van der Waals surface area contributed by atoms with Gasteiger partial charge in [-0.2, -0.15) is 0 Å². The van der Waals surface area contributed by atoms with Crippen molar-refractivity contribution in [3.05, 3.63) is 89.5 Å². The van der Waals surface area contributed by atoms with E-state index < -0.39 is 0 Å². The number of carbonyl (C=O) groups excluding carboxylic acids is 1. The van der Waals surface area contributed by atoms with Crippen molar-refractivity contribution >= 4 is 11.7 Å². The van der Waals surface area contributed by atoms with E-state index in [1.54, 1.807) is 0 Å². The highest BCUT2D eigenvalue weighted by atomic mass is 16.5. The Morgan fingerprint density at radius 1 is 0.879 bits per heavy atom. The van der Waals surface area contributed by atoms with Crippen molar-refractivity contribution in [1.82, 2.24) is 5.32 Å². The molecule has 0 bridgehead atoms. The number of benzene rings is 3. The second-order valence-electron chi connectivity index (χ2n) is 8.84. The molecule has 1 saturated carbocycles. The molecule has 0 heterocycles. The summed E-state index contributed by atoms with van der Waals surface area (Å²) in [4.78, 5) is 12.3. The molecule has 1 aliphatic carbocycles. The summed E-state index contributed by atoms with van der Waals surface area (Å²) in [6.45, 7) is 1.83. The molecule has 1 aliphatic rings. The second-order valence-corrected chi connectivity index (χ2v) is 8.84. The molecular formula is C29H34N2O2. The van der Waals surface area contributed by atoms with Gasteiger partial charge in [-0.15, -0.1) is 0 Å². The lowest BCUT2D eigenvalue weighted by molar-refractivity contribution is 0.0602. The summed E-state index contributed by atoms with van der Waals surface area (Å²) >= 11 is 0. The number of methoxy groups -OCH3 is 1. The Morgan fingerprint density at radius 3 is 2.33 bits per heavy atom. The van der Waals surface area contributed by atoms with Crippen LogP contribution in [0.5, 0.6) is 0 Å². The van der Waals surface area contributed by atoms with Gasteiger partial charge >= 0.3 is 5.97 Å². The molecule has 0 aromatic heterocycles. The molecule has 0 spiro atoms. The smallest absolute Gasteiger partial charge is 0.339 e. The summed E-state index contributed by atoms with van der Waals surface area (Å²) in [5.74, 6) is -0.293. The van der Waals surface area contributed by atoms with Gasteiger partial charge in [0, 0.05) is 18.3 Å². The van der Waals surface area contributed by atoms with E-state index in [0.717, 1.165) is 49.2 Å². The van der Waals surface area contributed by atoms with E-state index in [1.165, 1.54) is 37.5 Å². The van der Waals surface area contributed by atoms with Gasteiger partial charge in [0.05, 0.1) is 12.7 Å². The third kappa shape index (κ3) is 6.45. The van der Waals surface area contributed by atoms with E-state index >= 15 is 0 Å². The van der Waals surface area contributed by atoms with Crippen molar-refractivity contribution in [2.24, 2.45) is 0 Å². The maximum atomic E-state index is 12.3. The fourth-order valence-corrected chi connectivity index (χ4v) is 4.52.